The van der Waals surface area contributed by atoms with Gasteiger partial charge >= 0.3 is 177 Å². The zero-order valence-electron chi connectivity index (χ0n) is 15.0. The van der Waals surface area contributed by atoms with Gasteiger partial charge in [-0.25, -0.2) is 0 Å². The summed E-state index contributed by atoms with van der Waals surface area (Å²) >= 11 is -2.62. The van der Waals surface area contributed by atoms with E-state index in [1.807, 2.05) is 0 Å². The fourth-order valence-corrected chi connectivity index (χ4v) is 13.9. The molecule has 5 nitrogen and oxygen atoms in total. The molecule has 13 heteroatoms. The number of carbonyl (C=O) groups is 1. The second kappa shape index (κ2) is 7.22. The van der Waals surface area contributed by atoms with Crippen LogP contribution in [0.4, 0.5) is 26.3 Å². The van der Waals surface area contributed by atoms with E-state index in [-0.39, 0.29) is 12.8 Å². The first kappa shape index (κ1) is 23.1. The number of hydrogen-bond donors (Lipinski definition) is 3. The third-order valence-corrected chi connectivity index (χ3v) is 15.0. The quantitative estimate of drug-likeness (QED) is 0.0722. The fraction of sp³-hybridized carbons (Fsp3) is 0.933. The number of halogens is 8. The summed E-state index contributed by atoms with van der Waals surface area (Å²) in [4.78, 5) is 14.6. The van der Waals surface area contributed by atoms with Gasteiger partial charge in [-0.2, -0.15) is 0 Å². The number of esters is 1. The van der Waals surface area contributed by atoms with Gasteiger partial charge in [0.05, 0.1) is 0 Å². The fourth-order valence-electron chi connectivity index (χ4n) is 3.60. The van der Waals surface area contributed by atoms with Crippen LogP contribution in [0.15, 0.2) is 0 Å². The van der Waals surface area contributed by atoms with E-state index >= 15 is 0 Å². The van der Waals surface area contributed by atoms with E-state index in [1.165, 1.54) is 6.92 Å². The van der Waals surface area contributed by atoms with Crippen molar-refractivity contribution in [3.05, 3.63) is 0 Å². The Morgan fingerprint density at radius 2 is 1.61 bits per heavy atom. The number of rotatable bonds is 6. The minimum atomic E-state index is -6.03. The van der Waals surface area contributed by atoms with Crippen molar-refractivity contribution in [2.45, 2.75) is 70.2 Å². The Kier molecular flexibility index (Phi) is 5.95. The Labute approximate surface area is 176 Å². The summed E-state index contributed by atoms with van der Waals surface area (Å²) in [6.07, 6.45) is -13.2. The first-order valence-electron chi connectivity index (χ1n) is 8.57. The predicted octanol–water partition coefficient (Wildman–Crippen LogP) is 0.00830. The van der Waals surface area contributed by atoms with Gasteiger partial charge in [-0.05, 0) is 0 Å². The summed E-state index contributed by atoms with van der Waals surface area (Å²) in [6, 6.07) is 0. The molecule has 2 saturated heterocycles. The van der Waals surface area contributed by atoms with Crippen molar-refractivity contribution in [1.29, 1.82) is 0 Å². The van der Waals surface area contributed by atoms with Crippen LogP contribution in [0.5, 0.6) is 0 Å². The standard InChI is InChI=1S/C15H21F6I2N2O3/c1-11(22-2,15-23(24-15)25-15)10(26)28-9(8-6-4-3-5-7-8)12(27,13(16,17)18)14(19,20)21/h8-9,24-25,27H,3-7H2,1-2H3/q-1. The zero-order chi connectivity index (χ0) is 21.2. The average Bonchev–Trinajstić information content (AvgIpc) is 3.47. The number of fused-ring (bicyclic) bond motifs is 1. The molecule has 3 aliphatic rings. The van der Waals surface area contributed by atoms with Gasteiger partial charge < -0.3 is 0 Å². The molecule has 0 spiro atoms. The van der Waals surface area contributed by atoms with Crippen LogP contribution in [-0.2, 0) is 9.53 Å². The van der Waals surface area contributed by atoms with Crippen molar-refractivity contribution in [2.75, 3.05) is 4.93 Å². The van der Waals surface area contributed by atoms with Gasteiger partial charge in [-0.1, -0.05) is 0 Å². The summed E-state index contributed by atoms with van der Waals surface area (Å²) in [6.45, 7) is 1.52. The van der Waals surface area contributed by atoms with E-state index < -0.39 is 84.6 Å². The summed E-state index contributed by atoms with van der Waals surface area (Å²) < 4.78 is 90.5. The summed E-state index contributed by atoms with van der Waals surface area (Å²) in [5.74, 6) is -2.31. The van der Waals surface area contributed by atoms with Crippen LogP contribution in [0.25, 0.3) is 0 Å². The van der Waals surface area contributed by atoms with E-state index in [0.29, 0.717) is 19.3 Å². The van der Waals surface area contributed by atoms with Gasteiger partial charge in [0.15, 0.2) is 0 Å². The first-order chi connectivity index (χ1) is 12.7. The van der Waals surface area contributed by atoms with Crippen molar-refractivity contribution in [1.82, 2.24) is 7.06 Å². The molecule has 0 aromatic heterocycles. The number of ether oxygens (including phenoxy) is 1. The Morgan fingerprint density at radius 1 is 1.14 bits per heavy atom. The summed E-state index contributed by atoms with van der Waals surface area (Å²) in [5, 5.41) is 9.97. The van der Waals surface area contributed by atoms with E-state index in [4.69, 9.17) is 4.74 Å². The topological polar surface area (TPSA) is 90.4 Å². The van der Waals surface area contributed by atoms with Gasteiger partial charge in [0.25, 0.3) is 0 Å². The molecule has 3 rings (SSSR count). The number of alkyl halides is 9. The number of aliphatic hydroxyl groups is 1. The molecule has 2 unspecified atom stereocenters. The maximum absolute atomic E-state index is 13.5. The molecule has 0 bridgehead atoms. The monoisotopic (exact) mass is 645 g/mol. The molecule has 0 amide bonds. The number of carbonyl (C=O) groups excluding carboxylic acids is 1. The molecule has 0 aromatic rings. The van der Waals surface area contributed by atoms with Crippen LogP contribution in [0, 0.1) is 5.92 Å². The minimum absolute atomic E-state index is 0.0322. The zero-order valence-corrected chi connectivity index (χ0v) is 19.3. The normalized spacial score (nSPS) is 27.0. The van der Waals surface area contributed by atoms with E-state index in [9.17, 15) is 36.2 Å². The molecule has 0 aromatic carbocycles. The van der Waals surface area contributed by atoms with Crippen LogP contribution >= 0.6 is 20.4 Å². The van der Waals surface area contributed by atoms with Crippen LogP contribution in [0.1, 0.15) is 39.0 Å². The molecular weight excluding hydrogens is 624 g/mol. The molecule has 3 fully saturated rings. The van der Waals surface area contributed by atoms with Crippen molar-refractivity contribution in [3.63, 3.8) is 0 Å². The average molecular weight is 645 g/mol. The summed E-state index contributed by atoms with van der Waals surface area (Å²) in [7, 11) is 0. The van der Waals surface area contributed by atoms with Gasteiger partial charge in [-0.3, -0.25) is 0 Å². The van der Waals surface area contributed by atoms with Gasteiger partial charge in [0, 0.05) is 0 Å². The SMILES string of the molecule is C[I-]C(C)(C(=O)OC(C1CCCCC1)C(O)(C(F)(F)F)C(F)(F)F)C12NI1N2. The van der Waals surface area contributed by atoms with E-state index in [1.54, 1.807) is 4.93 Å². The first-order valence-corrected chi connectivity index (χ1v) is 15.0. The van der Waals surface area contributed by atoms with Crippen LogP contribution in [0.2, 0.25) is 0 Å². The van der Waals surface area contributed by atoms with Crippen LogP contribution in [-0.4, -0.2) is 47.2 Å². The molecule has 166 valence electrons. The molecular formula is C15H21F6I2N2O3-. The Hall–Kier alpha value is 0.390. The summed E-state index contributed by atoms with van der Waals surface area (Å²) in [5.41, 5.74) is -5.10. The second-order valence-corrected chi connectivity index (χ2v) is 14.9. The Balaban J connectivity index is 1.96. The van der Waals surface area contributed by atoms with E-state index in [0.717, 1.165) is 0 Å². The number of nitrogens with one attached hydrogen (secondary N) is 2. The molecule has 2 atom stereocenters. The van der Waals surface area contributed by atoms with Gasteiger partial charge in [-0.15, -0.1) is 0 Å². The predicted molar refractivity (Wildman–Crippen MR) is 90.9 cm³/mol. The maximum atomic E-state index is 13.5. The van der Waals surface area contributed by atoms with E-state index in [2.05, 4.69) is 7.06 Å². The third kappa shape index (κ3) is 3.43. The van der Waals surface area contributed by atoms with Crippen molar-refractivity contribution < 1.29 is 62.2 Å². The Morgan fingerprint density at radius 3 is 1.96 bits per heavy atom. The molecule has 2 aliphatic heterocycles. The third-order valence-electron chi connectivity index (χ3n) is 5.66. The molecule has 1 saturated carbocycles. The van der Waals surface area contributed by atoms with Crippen molar-refractivity contribution in [3.8, 4) is 0 Å². The Bertz CT molecular complexity index is 620. The molecule has 1 aliphatic carbocycles. The number of hydrogen-bond acceptors (Lipinski definition) is 5. The molecule has 0 radical (unpaired) electrons. The second-order valence-electron chi connectivity index (χ2n) is 7.31. The van der Waals surface area contributed by atoms with Crippen LogP contribution < -0.4 is 28.3 Å². The van der Waals surface area contributed by atoms with Gasteiger partial charge in [0.1, 0.15) is 0 Å². The molecule has 3 N–H and O–H groups in total. The molecule has 28 heavy (non-hydrogen) atoms. The van der Waals surface area contributed by atoms with Crippen LogP contribution in [0.3, 0.4) is 0 Å². The molecule has 2 heterocycles. The van der Waals surface area contributed by atoms with Crippen molar-refractivity contribution in [2.24, 2.45) is 5.92 Å². The van der Waals surface area contributed by atoms with Crippen molar-refractivity contribution >= 4 is 26.3 Å². The van der Waals surface area contributed by atoms with Gasteiger partial charge in [0.2, 0.25) is 0 Å².